The molecule has 1 aliphatic heterocycles. The van der Waals surface area contributed by atoms with E-state index in [9.17, 15) is 14.4 Å². The third-order valence-corrected chi connectivity index (χ3v) is 5.45. The number of nitrogens with one attached hydrogen (secondary N) is 3. The number of ether oxygens (including phenoxy) is 3. The van der Waals surface area contributed by atoms with E-state index in [1.54, 1.807) is 42.5 Å². The van der Waals surface area contributed by atoms with Crippen LogP contribution < -0.4 is 30.3 Å². The lowest BCUT2D eigenvalue weighted by Crippen LogP contribution is -2.37. The Hall–Kier alpha value is -4.86. The number of carbonyl (C=O) groups is 3. The molecule has 37 heavy (non-hydrogen) atoms. The van der Waals surface area contributed by atoms with Gasteiger partial charge < -0.3 is 24.8 Å². The number of nitrogens with zero attached hydrogens (tertiary/aromatic N) is 1. The van der Waals surface area contributed by atoms with Gasteiger partial charge in [-0.3, -0.25) is 14.4 Å². The first-order valence-corrected chi connectivity index (χ1v) is 11.5. The molecule has 0 unspecified atom stereocenters. The molecule has 0 saturated carbocycles. The van der Waals surface area contributed by atoms with Crippen molar-refractivity contribution in [2.24, 2.45) is 5.10 Å². The van der Waals surface area contributed by atoms with Gasteiger partial charge in [-0.2, -0.15) is 5.10 Å². The van der Waals surface area contributed by atoms with Crippen LogP contribution in [0, 0.1) is 13.8 Å². The molecule has 10 heteroatoms. The summed E-state index contributed by atoms with van der Waals surface area (Å²) in [5.74, 6) is -0.343. The highest BCUT2D eigenvalue weighted by Crippen LogP contribution is 2.32. The van der Waals surface area contributed by atoms with E-state index in [0.717, 1.165) is 22.4 Å². The number of aryl methyl sites for hydroxylation is 2. The fourth-order valence-electron chi connectivity index (χ4n) is 3.55. The van der Waals surface area contributed by atoms with Gasteiger partial charge in [-0.15, -0.1) is 0 Å². The van der Waals surface area contributed by atoms with Gasteiger partial charge in [-0.25, -0.2) is 5.43 Å². The average molecular weight is 503 g/mol. The van der Waals surface area contributed by atoms with Crippen LogP contribution in [0.2, 0.25) is 0 Å². The largest absolute Gasteiger partial charge is 0.484 e. The van der Waals surface area contributed by atoms with Crippen LogP contribution in [-0.4, -0.2) is 37.3 Å². The number of hydrogen-bond acceptors (Lipinski definition) is 7. The van der Waals surface area contributed by atoms with Crippen molar-refractivity contribution in [1.82, 2.24) is 10.7 Å². The standard InChI is InChI=1S/C27H26N4O6/c1-17-5-3-6-18(2)25(17)30-24(32)15-35-21-8-4-7-19(11-21)14-29-31-27(34)26(33)28-13-20-9-10-22-23(12-20)37-16-36-22/h3-12,14H,13,15-16H2,1-2H3,(H,28,33)(H,30,32)(H,31,34)/b29-14-. The number of carbonyl (C=O) groups excluding carboxylic acids is 3. The highest BCUT2D eigenvalue weighted by molar-refractivity contribution is 6.35. The van der Waals surface area contributed by atoms with Crippen LogP contribution in [0.4, 0.5) is 5.69 Å². The first-order valence-electron chi connectivity index (χ1n) is 11.5. The highest BCUT2D eigenvalue weighted by atomic mass is 16.7. The van der Waals surface area contributed by atoms with Crippen LogP contribution in [0.15, 0.2) is 65.8 Å². The maximum absolute atomic E-state index is 12.3. The van der Waals surface area contributed by atoms with E-state index in [1.165, 1.54) is 6.21 Å². The minimum absolute atomic E-state index is 0.142. The molecule has 0 saturated heterocycles. The van der Waals surface area contributed by atoms with Crippen LogP contribution in [0.1, 0.15) is 22.3 Å². The molecule has 3 aromatic rings. The van der Waals surface area contributed by atoms with Gasteiger partial charge in [0.1, 0.15) is 5.75 Å². The van der Waals surface area contributed by atoms with E-state index < -0.39 is 11.8 Å². The number of fused-ring (bicyclic) bond motifs is 1. The molecule has 4 rings (SSSR count). The molecule has 0 fully saturated rings. The highest BCUT2D eigenvalue weighted by Gasteiger charge is 2.15. The Morgan fingerprint density at radius 3 is 2.51 bits per heavy atom. The molecule has 190 valence electrons. The smallest absolute Gasteiger partial charge is 0.329 e. The minimum Gasteiger partial charge on any atom is -0.484 e. The van der Waals surface area contributed by atoms with Gasteiger partial charge in [0.15, 0.2) is 18.1 Å². The number of rotatable bonds is 8. The van der Waals surface area contributed by atoms with Gasteiger partial charge in [0.25, 0.3) is 5.91 Å². The molecule has 3 N–H and O–H groups in total. The summed E-state index contributed by atoms with van der Waals surface area (Å²) in [6.07, 6.45) is 1.37. The van der Waals surface area contributed by atoms with Crippen LogP contribution in [0.5, 0.6) is 17.2 Å². The zero-order valence-electron chi connectivity index (χ0n) is 20.4. The Morgan fingerprint density at radius 2 is 1.70 bits per heavy atom. The second-order valence-corrected chi connectivity index (χ2v) is 8.25. The minimum atomic E-state index is -0.910. The normalized spacial score (nSPS) is 11.7. The lowest BCUT2D eigenvalue weighted by Gasteiger charge is -2.12. The van der Waals surface area contributed by atoms with Gasteiger partial charge in [-0.05, 0) is 60.4 Å². The molecular formula is C27H26N4O6. The fraction of sp³-hybridized carbons (Fsp3) is 0.185. The maximum atomic E-state index is 12.3. The number of benzene rings is 3. The molecule has 0 radical (unpaired) electrons. The van der Waals surface area contributed by atoms with E-state index in [4.69, 9.17) is 14.2 Å². The van der Waals surface area contributed by atoms with Gasteiger partial charge in [0, 0.05) is 12.2 Å². The van der Waals surface area contributed by atoms with Crippen LogP contribution in [-0.2, 0) is 20.9 Å². The van der Waals surface area contributed by atoms with Crippen LogP contribution in [0.3, 0.4) is 0 Å². The van der Waals surface area contributed by atoms with Crippen molar-refractivity contribution < 1.29 is 28.6 Å². The van der Waals surface area contributed by atoms with E-state index in [0.29, 0.717) is 22.8 Å². The third kappa shape index (κ3) is 6.85. The predicted molar refractivity (Wildman–Crippen MR) is 137 cm³/mol. The second-order valence-electron chi connectivity index (χ2n) is 8.25. The summed E-state index contributed by atoms with van der Waals surface area (Å²) in [6.45, 7) is 3.98. The van der Waals surface area contributed by atoms with Crippen molar-refractivity contribution in [3.05, 3.63) is 82.9 Å². The molecule has 0 spiro atoms. The number of anilines is 1. The summed E-state index contributed by atoms with van der Waals surface area (Å²) in [5, 5.41) is 9.20. The van der Waals surface area contributed by atoms with E-state index >= 15 is 0 Å². The Labute approximate surface area is 213 Å². The van der Waals surface area contributed by atoms with Gasteiger partial charge in [0.2, 0.25) is 6.79 Å². The van der Waals surface area contributed by atoms with Gasteiger partial charge in [0.05, 0.1) is 6.21 Å². The molecular weight excluding hydrogens is 476 g/mol. The van der Waals surface area contributed by atoms with Crippen LogP contribution in [0.25, 0.3) is 0 Å². The van der Waals surface area contributed by atoms with Crippen molar-refractivity contribution in [2.45, 2.75) is 20.4 Å². The average Bonchev–Trinajstić information content (AvgIpc) is 3.36. The SMILES string of the molecule is Cc1cccc(C)c1NC(=O)COc1cccc(/C=N\NC(=O)C(=O)NCc2ccc3c(c2)OCO3)c1. The fourth-order valence-corrected chi connectivity index (χ4v) is 3.55. The number of amides is 3. The zero-order chi connectivity index (χ0) is 26.2. The lowest BCUT2D eigenvalue weighted by molar-refractivity contribution is -0.139. The molecule has 3 aromatic carbocycles. The van der Waals surface area contributed by atoms with Crippen molar-refractivity contribution in [2.75, 3.05) is 18.7 Å². The quantitative estimate of drug-likeness (QED) is 0.247. The summed E-state index contributed by atoms with van der Waals surface area (Å²) in [6, 6.07) is 17.8. The topological polar surface area (TPSA) is 127 Å². The predicted octanol–water partition coefficient (Wildman–Crippen LogP) is 2.82. The van der Waals surface area contributed by atoms with Crippen molar-refractivity contribution in [3.8, 4) is 17.2 Å². The van der Waals surface area contributed by atoms with Crippen LogP contribution >= 0.6 is 0 Å². The van der Waals surface area contributed by atoms with E-state index in [1.807, 2.05) is 32.0 Å². The van der Waals surface area contributed by atoms with Gasteiger partial charge >= 0.3 is 11.8 Å². The van der Waals surface area contributed by atoms with E-state index in [-0.39, 0.29) is 25.9 Å². The molecule has 0 atom stereocenters. The third-order valence-electron chi connectivity index (χ3n) is 5.45. The molecule has 1 heterocycles. The molecule has 1 aliphatic rings. The first kappa shape index (κ1) is 25.2. The summed E-state index contributed by atoms with van der Waals surface area (Å²) in [5.41, 5.74) is 6.25. The number of hydrogen-bond donors (Lipinski definition) is 3. The molecule has 0 bridgehead atoms. The molecule has 10 nitrogen and oxygen atoms in total. The Bertz CT molecular complexity index is 1330. The summed E-state index contributed by atoms with van der Waals surface area (Å²) in [4.78, 5) is 36.4. The Kier molecular flexibility index (Phi) is 7.99. The summed E-state index contributed by atoms with van der Waals surface area (Å²) < 4.78 is 16.1. The molecule has 0 aliphatic carbocycles. The van der Waals surface area contributed by atoms with Crippen molar-refractivity contribution in [3.63, 3.8) is 0 Å². The summed E-state index contributed by atoms with van der Waals surface area (Å²) >= 11 is 0. The zero-order valence-corrected chi connectivity index (χ0v) is 20.4. The van der Waals surface area contributed by atoms with E-state index in [2.05, 4.69) is 21.2 Å². The monoisotopic (exact) mass is 502 g/mol. The Balaban J connectivity index is 1.23. The van der Waals surface area contributed by atoms with Crippen molar-refractivity contribution in [1.29, 1.82) is 0 Å². The molecule has 3 amide bonds. The Morgan fingerprint density at radius 1 is 0.946 bits per heavy atom. The number of para-hydroxylation sites is 1. The summed E-state index contributed by atoms with van der Waals surface area (Å²) in [7, 11) is 0. The number of hydrazone groups is 1. The second kappa shape index (κ2) is 11.7. The van der Waals surface area contributed by atoms with Crippen molar-refractivity contribution >= 4 is 29.6 Å². The lowest BCUT2D eigenvalue weighted by atomic mass is 10.1. The maximum Gasteiger partial charge on any atom is 0.329 e. The van der Waals surface area contributed by atoms with Gasteiger partial charge in [-0.1, -0.05) is 36.4 Å². The molecule has 0 aromatic heterocycles. The first-order chi connectivity index (χ1) is 17.9.